The van der Waals surface area contributed by atoms with Gasteiger partial charge in [0.2, 0.25) is 0 Å². The van der Waals surface area contributed by atoms with E-state index in [2.05, 4.69) is 0 Å². The van der Waals surface area contributed by atoms with Gasteiger partial charge in [0.15, 0.2) is 0 Å². The molecule has 0 aliphatic rings. The Kier molecular flexibility index (Phi) is 6.53. The lowest BCUT2D eigenvalue weighted by molar-refractivity contribution is -0.145. The summed E-state index contributed by atoms with van der Waals surface area (Å²) in [6, 6.07) is 12.8. The molecule has 2 aromatic rings. The number of carbonyl (C=O) groups is 2. The third-order valence-corrected chi connectivity index (χ3v) is 4.18. The van der Waals surface area contributed by atoms with Gasteiger partial charge in [-0.2, -0.15) is 0 Å². The summed E-state index contributed by atoms with van der Waals surface area (Å²) in [4.78, 5) is 26.0. The van der Waals surface area contributed by atoms with Crippen molar-refractivity contribution in [2.45, 2.75) is 13.5 Å². The molecule has 2 rings (SSSR count). The van der Waals surface area contributed by atoms with Crippen LogP contribution in [0.3, 0.4) is 0 Å². The van der Waals surface area contributed by atoms with Crippen LogP contribution < -0.4 is 0 Å². The molecule has 0 heterocycles. The Morgan fingerprint density at radius 3 is 2.44 bits per heavy atom. The van der Waals surface area contributed by atoms with Gasteiger partial charge in [-0.1, -0.05) is 48.9 Å². The summed E-state index contributed by atoms with van der Waals surface area (Å²) in [6.45, 7) is 1.90. The van der Waals surface area contributed by atoms with Crippen molar-refractivity contribution in [1.82, 2.24) is 4.90 Å². The molecule has 0 aromatic heterocycles. The highest BCUT2D eigenvalue weighted by Crippen LogP contribution is 2.20. The smallest absolute Gasteiger partial charge is 0.310 e. The predicted molar refractivity (Wildman–Crippen MR) is 93.8 cm³/mol. The minimum absolute atomic E-state index is 0.0494. The Hall–Kier alpha value is -2.40. The SMILES string of the molecule is COC(=O)C(C)CN(Cc1ccccc1Cl)C(=O)c1ccccc1F. The maximum atomic E-state index is 14.0. The molecule has 0 N–H and O–H groups in total. The first-order valence-corrected chi connectivity index (χ1v) is 8.17. The first-order valence-electron chi connectivity index (χ1n) is 7.79. The summed E-state index contributed by atoms with van der Waals surface area (Å²) in [6.07, 6.45) is 0. The predicted octanol–water partition coefficient (Wildman–Crippen LogP) is 3.93. The third-order valence-electron chi connectivity index (χ3n) is 3.81. The topological polar surface area (TPSA) is 46.6 Å². The van der Waals surface area contributed by atoms with E-state index in [0.717, 1.165) is 0 Å². The summed E-state index contributed by atoms with van der Waals surface area (Å²) in [5.41, 5.74) is 0.664. The molecule has 25 heavy (non-hydrogen) atoms. The minimum atomic E-state index is -0.609. The summed E-state index contributed by atoms with van der Waals surface area (Å²) in [5.74, 6) is -2.11. The normalized spacial score (nSPS) is 11.7. The molecule has 1 amide bonds. The molecule has 1 unspecified atom stereocenters. The fraction of sp³-hybridized carbons (Fsp3) is 0.263. The van der Waals surface area contributed by atoms with Gasteiger partial charge >= 0.3 is 5.97 Å². The van der Waals surface area contributed by atoms with Gasteiger partial charge in [-0.25, -0.2) is 4.39 Å². The Balaban J connectivity index is 2.31. The highest BCUT2D eigenvalue weighted by atomic mass is 35.5. The van der Waals surface area contributed by atoms with Gasteiger partial charge in [-0.05, 0) is 23.8 Å². The number of methoxy groups -OCH3 is 1. The maximum Gasteiger partial charge on any atom is 0.310 e. The van der Waals surface area contributed by atoms with Crippen LogP contribution in [0.5, 0.6) is 0 Å². The zero-order valence-corrected chi connectivity index (χ0v) is 14.8. The van der Waals surface area contributed by atoms with Gasteiger partial charge in [0.05, 0.1) is 18.6 Å². The number of halogens is 2. The number of esters is 1. The second kappa shape index (κ2) is 8.62. The van der Waals surface area contributed by atoms with E-state index < -0.39 is 23.6 Å². The lowest BCUT2D eigenvalue weighted by atomic mass is 10.1. The van der Waals surface area contributed by atoms with Crippen molar-refractivity contribution in [2.24, 2.45) is 5.92 Å². The molecule has 0 saturated heterocycles. The van der Waals surface area contributed by atoms with E-state index in [4.69, 9.17) is 16.3 Å². The van der Waals surface area contributed by atoms with Crippen molar-refractivity contribution in [3.05, 3.63) is 70.5 Å². The maximum absolute atomic E-state index is 14.0. The average Bonchev–Trinajstić information content (AvgIpc) is 2.62. The molecule has 4 nitrogen and oxygen atoms in total. The molecule has 132 valence electrons. The van der Waals surface area contributed by atoms with Crippen molar-refractivity contribution < 1.29 is 18.7 Å². The largest absolute Gasteiger partial charge is 0.469 e. The average molecular weight is 364 g/mol. The third kappa shape index (κ3) is 4.79. The zero-order valence-electron chi connectivity index (χ0n) is 14.0. The monoisotopic (exact) mass is 363 g/mol. The molecule has 0 radical (unpaired) electrons. The van der Waals surface area contributed by atoms with Crippen molar-refractivity contribution in [3.63, 3.8) is 0 Å². The van der Waals surface area contributed by atoms with E-state index in [1.807, 2.05) is 0 Å². The minimum Gasteiger partial charge on any atom is -0.469 e. The highest BCUT2D eigenvalue weighted by molar-refractivity contribution is 6.31. The van der Waals surface area contributed by atoms with Crippen LogP contribution in [0.1, 0.15) is 22.8 Å². The van der Waals surface area contributed by atoms with Crippen LogP contribution in [0.25, 0.3) is 0 Å². The lowest BCUT2D eigenvalue weighted by Crippen LogP contribution is -2.37. The van der Waals surface area contributed by atoms with Gasteiger partial charge in [-0.15, -0.1) is 0 Å². The van der Waals surface area contributed by atoms with Crippen LogP contribution in [0, 0.1) is 11.7 Å². The number of benzene rings is 2. The number of rotatable bonds is 6. The van der Waals surface area contributed by atoms with Gasteiger partial charge in [-0.3, -0.25) is 9.59 Å². The van der Waals surface area contributed by atoms with Crippen molar-refractivity contribution in [1.29, 1.82) is 0 Å². The van der Waals surface area contributed by atoms with Crippen LogP contribution >= 0.6 is 11.6 Å². The Morgan fingerprint density at radius 2 is 1.80 bits per heavy atom. The van der Waals surface area contributed by atoms with Gasteiger partial charge in [0.1, 0.15) is 5.82 Å². The summed E-state index contributed by atoms with van der Waals surface area (Å²) in [5, 5.41) is 0.500. The highest BCUT2D eigenvalue weighted by Gasteiger charge is 2.25. The molecule has 0 aliphatic heterocycles. The van der Waals surface area contributed by atoms with Gasteiger partial charge in [0, 0.05) is 18.1 Å². The molecule has 1 atom stereocenters. The standard InChI is InChI=1S/C19H19ClFNO3/c1-13(19(24)25-2)11-22(12-14-7-3-5-9-16(14)20)18(23)15-8-4-6-10-17(15)21/h3-10,13H,11-12H2,1-2H3. The summed E-state index contributed by atoms with van der Waals surface area (Å²) in [7, 11) is 1.29. The quantitative estimate of drug-likeness (QED) is 0.730. The molecule has 0 bridgehead atoms. The van der Waals surface area contributed by atoms with Gasteiger partial charge < -0.3 is 9.64 Å². The van der Waals surface area contributed by atoms with E-state index in [0.29, 0.717) is 10.6 Å². The molecular weight excluding hydrogens is 345 g/mol. The lowest BCUT2D eigenvalue weighted by Gasteiger charge is -2.26. The van der Waals surface area contributed by atoms with Crippen LogP contribution in [0.2, 0.25) is 5.02 Å². The number of hydrogen-bond acceptors (Lipinski definition) is 3. The Bertz CT molecular complexity index is 766. The molecule has 2 aromatic carbocycles. The van der Waals surface area contributed by atoms with Crippen molar-refractivity contribution in [3.8, 4) is 0 Å². The molecular formula is C19H19ClFNO3. The number of amides is 1. The van der Waals surface area contributed by atoms with E-state index in [-0.39, 0.29) is 18.7 Å². The first-order chi connectivity index (χ1) is 11.9. The van der Waals surface area contributed by atoms with E-state index in [1.54, 1.807) is 37.3 Å². The molecule has 0 spiro atoms. The summed E-state index contributed by atoms with van der Waals surface area (Å²) >= 11 is 6.17. The Labute approximate surface area is 151 Å². The van der Waals surface area contributed by atoms with Crippen LogP contribution in [0.4, 0.5) is 4.39 Å². The van der Waals surface area contributed by atoms with Gasteiger partial charge in [0.25, 0.3) is 5.91 Å². The van der Waals surface area contributed by atoms with Crippen LogP contribution in [-0.4, -0.2) is 30.4 Å². The molecule has 0 fully saturated rings. The fourth-order valence-corrected chi connectivity index (χ4v) is 2.66. The number of hydrogen-bond donors (Lipinski definition) is 0. The number of ether oxygens (including phenoxy) is 1. The van der Waals surface area contributed by atoms with Crippen molar-refractivity contribution in [2.75, 3.05) is 13.7 Å². The number of nitrogens with zero attached hydrogens (tertiary/aromatic N) is 1. The van der Waals surface area contributed by atoms with E-state index >= 15 is 0 Å². The first kappa shape index (κ1) is 18.9. The van der Waals surface area contributed by atoms with Crippen LogP contribution in [-0.2, 0) is 16.1 Å². The summed E-state index contributed by atoms with van der Waals surface area (Å²) < 4.78 is 18.7. The van der Waals surface area contributed by atoms with Crippen LogP contribution in [0.15, 0.2) is 48.5 Å². The zero-order chi connectivity index (χ0) is 18.4. The van der Waals surface area contributed by atoms with Crippen molar-refractivity contribution >= 4 is 23.5 Å². The second-order valence-corrected chi connectivity index (χ2v) is 6.09. The van der Waals surface area contributed by atoms with E-state index in [9.17, 15) is 14.0 Å². The fourth-order valence-electron chi connectivity index (χ4n) is 2.46. The Morgan fingerprint density at radius 1 is 1.16 bits per heavy atom. The molecule has 6 heteroatoms. The van der Waals surface area contributed by atoms with E-state index in [1.165, 1.54) is 30.2 Å². The number of carbonyl (C=O) groups excluding carboxylic acids is 2. The molecule has 0 aliphatic carbocycles. The molecule has 0 saturated carbocycles. The second-order valence-electron chi connectivity index (χ2n) is 5.68.